The second kappa shape index (κ2) is 4.69. The number of benzene rings is 1. The summed E-state index contributed by atoms with van der Waals surface area (Å²) in [5.74, 6) is -0.255. The predicted molar refractivity (Wildman–Crippen MR) is 47.1 cm³/mol. The first-order valence-corrected chi connectivity index (χ1v) is 3.77. The number of nitrogens with two attached hydrogens (primary N) is 1. The minimum Gasteiger partial charge on any atom is -0.329 e. The molecule has 0 amide bonds. The Morgan fingerprint density at radius 2 is 2.25 bits per heavy atom. The molecule has 3 nitrogen and oxygen atoms in total. The van der Waals surface area contributed by atoms with Gasteiger partial charge < -0.3 is 11.2 Å². The van der Waals surface area contributed by atoms with E-state index < -0.39 is 0 Å². The van der Waals surface area contributed by atoms with Gasteiger partial charge in [0.05, 0.1) is 5.69 Å². The Bertz CT molecular complexity index is 239. The summed E-state index contributed by atoms with van der Waals surface area (Å²) in [5, 5.41) is 0. The van der Waals surface area contributed by atoms with Gasteiger partial charge in [-0.25, -0.2) is 9.82 Å². The lowest BCUT2D eigenvalue weighted by Crippen LogP contribution is -2.27. The SMILES string of the molecule is NCCNNc1cccc(F)c1. The lowest BCUT2D eigenvalue weighted by molar-refractivity contribution is 0.627. The van der Waals surface area contributed by atoms with Gasteiger partial charge in [-0.1, -0.05) is 6.07 Å². The van der Waals surface area contributed by atoms with Crippen molar-refractivity contribution >= 4 is 5.69 Å². The van der Waals surface area contributed by atoms with Crippen molar-refractivity contribution < 1.29 is 4.39 Å². The van der Waals surface area contributed by atoms with Crippen LogP contribution in [0.25, 0.3) is 0 Å². The van der Waals surface area contributed by atoms with Gasteiger partial charge in [0.1, 0.15) is 5.82 Å². The molecule has 0 aromatic heterocycles. The van der Waals surface area contributed by atoms with E-state index in [2.05, 4.69) is 10.9 Å². The van der Waals surface area contributed by atoms with Crippen molar-refractivity contribution in [1.82, 2.24) is 5.43 Å². The van der Waals surface area contributed by atoms with Gasteiger partial charge in [-0.3, -0.25) is 0 Å². The molecule has 0 unspecified atom stereocenters. The van der Waals surface area contributed by atoms with E-state index in [1.165, 1.54) is 12.1 Å². The third-order valence-corrected chi connectivity index (χ3v) is 1.33. The van der Waals surface area contributed by atoms with Gasteiger partial charge in [-0.15, -0.1) is 0 Å². The minimum atomic E-state index is -0.255. The molecular formula is C8H12FN3. The Balaban J connectivity index is 2.41. The maximum Gasteiger partial charge on any atom is 0.125 e. The summed E-state index contributed by atoms with van der Waals surface area (Å²) < 4.78 is 12.6. The zero-order valence-electron chi connectivity index (χ0n) is 6.68. The fourth-order valence-electron chi connectivity index (χ4n) is 0.803. The largest absolute Gasteiger partial charge is 0.329 e. The summed E-state index contributed by atoms with van der Waals surface area (Å²) in [4.78, 5) is 0. The van der Waals surface area contributed by atoms with Crippen molar-refractivity contribution in [2.24, 2.45) is 5.73 Å². The van der Waals surface area contributed by atoms with Crippen LogP contribution < -0.4 is 16.6 Å². The van der Waals surface area contributed by atoms with Crippen LogP contribution in [0, 0.1) is 5.82 Å². The molecule has 1 aromatic rings. The van der Waals surface area contributed by atoms with Gasteiger partial charge in [-0.2, -0.15) is 0 Å². The molecule has 4 N–H and O–H groups in total. The molecule has 0 aliphatic carbocycles. The third-order valence-electron chi connectivity index (χ3n) is 1.33. The highest BCUT2D eigenvalue weighted by molar-refractivity contribution is 5.41. The van der Waals surface area contributed by atoms with E-state index in [1.54, 1.807) is 12.1 Å². The number of halogens is 1. The van der Waals surface area contributed by atoms with Crippen LogP contribution in [-0.2, 0) is 0 Å². The standard InChI is InChI=1S/C8H12FN3/c9-7-2-1-3-8(6-7)12-11-5-4-10/h1-3,6,11-12H,4-5,10H2. The molecule has 0 radical (unpaired) electrons. The first-order valence-electron chi connectivity index (χ1n) is 3.77. The highest BCUT2D eigenvalue weighted by atomic mass is 19.1. The quantitative estimate of drug-likeness (QED) is 0.459. The monoisotopic (exact) mass is 169 g/mol. The van der Waals surface area contributed by atoms with Crippen molar-refractivity contribution in [2.45, 2.75) is 0 Å². The zero-order chi connectivity index (χ0) is 8.81. The number of anilines is 1. The summed E-state index contributed by atoms with van der Waals surface area (Å²) in [6, 6.07) is 6.21. The normalized spacial score (nSPS) is 9.83. The van der Waals surface area contributed by atoms with Crippen molar-refractivity contribution in [1.29, 1.82) is 0 Å². The van der Waals surface area contributed by atoms with Crippen LogP contribution in [-0.4, -0.2) is 13.1 Å². The summed E-state index contributed by atoms with van der Waals surface area (Å²) >= 11 is 0. The first-order chi connectivity index (χ1) is 5.83. The number of hydrazine groups is 1. The second-order valence-corrected chi connectivity index (χ2v) is 2.35. The number of hydrogen-bond donors (Lipinski definition) is 3. The molecule has 0 heterocycles. The molecule has 0 saturated carbocycles. The molecule has 12 heavy (non-hydrogen) atoms. The van der Waals surface area contributed by atoms with Crippen LogP contribution in [0.1, 0.15) is 0 Å². The van der Waals surface area contributed by atoms with E-state index >= 15 is 0 Å². The topological polar surface area (TPSA) is 50.1 Å². The average molecular weight is 169 g/mol. The fraction of sp³-hybridized carbons (Fsp3) is 0.250. The lowest BCUT2D eigenvalue weighted by atomic mass is 10.3. The number of rotatable bonds is 4. The van der Waals surface area contributed by atoms with Crippen LogP contribution in [0.15, 0.2) is 24.3 Å². The van der Waals surface area contributed by atoms with E-state index in [1.807, 2.05) is 0 Å². The van der Waals surface area contributed by atoms with E-state index in [0.717, 1.165) is 0 Å². The van der Waals surface area contributed by atoms with Gasteiger partial charge in [0.25, 0.3) is 0 Å². The molecule has 66 valence electrons. The first kappa shape index (κ1) is 8.96. The van der Waals surface area contributed by atoms with Crippen molar-refractivity contribution in [3.8, 4) is 0 Å². The highest BCUT2D eigenvalue weighted by Crippen LogP contribution is 2.06. The van der Waals surface area contributed by atoms with Gasteiger partial charge in [-0.05, 0) is 18.2 Å². The third kappa shape index (κ3) is 2.86. The van der Waals surface area contributed by atoms with Crippen molar-refractivity contribution in [2.75, 3.05) is 18.5 Å². The molecule has 0 aliphatic rings. The molecular weight excluding hydrogens is 157 g/mol. The van der Waals surface area contributed by atoms with Crippen molar-refractivity contribution in [3.63, 3.8) is 0 Å². The lowest BCUT2D eigenvalue weighted by Gasteiger charge is -2.06. The van der Waals surface area contributed by atoms with Crippen LogP contribution in [0.3, 0.4) is 0 Å². The Kier molecular flexibility index (Phi) is 3.50. The molecule has 0 fully saturated rings. The zero-order valence-corrected chi connectivity index (χ0v) is 6.68. The van der Waals surface area contributed by atoms with Crippen LogP contribution in [0.4, 0.5) is 10.1 Å². The van der Waals surface area contributed by atoms with Crippen LogP contribution in [0.2, 0.25) is 0 Å². The van der Waals surface area contributed by atoms with E-state index in [-0.39, 0.29) is 5.82 Å². The number of nitrogens with one attached hydrogen (secondary N) is 2. The highest BCUT2D eigenvalue weighted by Gasteiger charge is 1.91. The van der Waals surface area contributed by atoms with E-state index in [0.29, 0.717) is 18.8 Å². The fourth-order valence-corrected chi connectivity index (χ4v) is 0.803. The summed E-state index contributed by atoms with van der Waals surface area (Å²) in [6.07, 6.45) is 0. The average Bonchev–Trinajstić information content (AvgIpc) is 2.05. The summed E-state index contributed by atoms with van der Waals surface area (Å²) in [7, 11) is 0. The second-order valence-electron chi connectivity index (χ2n) is 2.35. The smallest absolute Gasteiger partial charge is 0.125 e. The van der Waals surface area contributed by atoms with Gasteiger partial charge in [0.15, 0.2) is 0 Å². The van der Waals surface area contributed by atoms with Crippen molar-refractivity contribution in [3.05, 3.63) is 30.1 Å². The molecule has 0 aliphatic heterocycles. The molecule has 4 heteroatoms. The van der Waals surface area contributed by atoms with E-state index in [9.17, 15) is 4.39 Å². The molecule has 1 rings (SSSR count). The molecule has 0 bridgehead atoms. The van der Waals surface area contributed by atoms with Crippen LogP contribution in [0.5, 0.6) is 0 Å². The maximum absolute atomic E-state index is 12.6. The minimum absolute atomic E-state index is 0.255. The van der Waals surface area contributed by atoms with Gasteiger partial charge >= 0.3 is 0 Å². The van der Waals surface area contributed by atoms with E-state index in [4.69, 9.17) is 5.73 Å². The summed E-state index contributed by atoms with van der Waals surface area (Å²) in [6.45, 7) is 1.19. The Morgan fingerprint density at radius 1 is 1.42 bits per heavy atom. The molecule has 0 saturated heterocycles. The Morgan fingerprint density at radius 3 is 2.92 bits per heavy atom. The Labute approximate surface area is 70.7 Å². The maximum atomic E-state index is 12.6. The molecule has 0 spiro atoms. The van der Waals surface area contributed by atoms with Crippen LogP contribution >= 0.6 is 0 Å². The summed E-state index contributed by atoms with van der Waals surface area (Å²) in [5.41, 5.74) is 11.6. The number of hydrogen-bond acceptors (Lipinski definition) is 3. The van der Waals surface area contributed by atoms with Gasteiger partial charge in [0.2, 0.25) is 0 Å². The predicted octanol–water partition coefficient (Wildman–Crippen LogP) is 0.701. The Hall–Kier alpha value is -1.13. The molecule has 1 aromatic carbocycles. The molecule has 0 atom stereocenters. The van der Waals surface area contributed by atoms with Gasteiger partial charge in [0, 0.05) is 13.1 Å².